The number of ketones is 1. The van der Waals surface area contributed by atoms with Crippen molar-refractivity contribution in [3.8, 4) is 5.75 Å². The molecule has 0 heterocycles. The van der Waals surface area contributed by atoms with Gasteiger partial charge in [-0.1, -0.05) is 44.2 Å². The predicted molar refractivity (Wildman–Crippen MR) is 95.4 cm³/mol. The maximum atomic E-state index is 11.4. The average molecular weight is 310 g/mol. The average Bonchev–Trinajstić information content (AvgIpc) is 2.48. The number of carbonyl (C=O) groups is 1. The predicted octanol–water partition coefficient (Wildman–Crippen LogP) is 4.77. The number of carbonyl (C=O) groups excluding carboxylic acids is 1. The van der Waals surface area contributed by atoms with Crippen molar-refractivity contribution in [1.82, 2.24) is 0 Å². The highest BCUT2D eigenvalue weighted by molar-refractivity contribution is 5.78. The molecule has 0 radical (unpaired) electrons. The SMILES string of the molecule is COc1ccc(C(C)(C)c2ccc(CC(C)=O)c(C)c2)cc1C. The first-order chi connectivity index (χ1) is 10.8. The zero-order valence-electron chi connectivity index (χ0n) is 15.0. The fraction of sp³-hybridized carbons (Fsp3) is 0.381. The lowest BCUT2D eigenvalue weighted by molar-refractivity contribution is -0.116. The Morgan fingerprint density at radius 1 is 1.00 bits per heavy atom. The van der Waals surface area contributed by atoms with Crippen LogP contribution in [0.5, 0.6) is 5.75 Å². The largest absolute Gasteiger partial charge is 0.496 e. The van der Waals surface area contributed by atoms with E-state index in [1.807, 2.05) is 6.07 Å². The van der Waals surface area contributed by atoms with Gasteiger partial charge in [0.1, 0.15) is 11.5 Å². The van der Waals surface area contributed by atoms with Gasteiger partial charge in [0, 0.05) is 11.8 Å². The van der Waals surface area contributed by atoms with Crippen LogP contribution in [0.1, 0.15) is 48.6 Å². The molecule has 122 valence electrons. The second-order valence-electron chi connectivity index (χ2n) is 6.83. The van der Waals surface area contributed by atoms with Gasteiger partial charge in [-0.25, -0.2) is 0 Å². The van der Waals surface area contributed by atoms with Crippen LogP contribution in [0, 0.1) is 13.8 Å². The highest BCUT2D eigenvalue weighted by atomic mass is 16.5. The number of aryl methyl sites for hydroxylation is 2. The van der Waals surface area contributed by atoms with Crippen LogP contribution >= 0.6 is 0 Å². The number of hydrogen-bond acceptors (Lipinski definition) is 2. The number of Topliss-reactive ketones (excluding diaryl/α,β-unsaturated/α-hetero) is 1. The van der Waals surface area contributed by atoms with Crippen molar-refractivity contribution < 1.29 is 9.53 Å². The van der Waals surface area contributed by atoms with Crippen LogP contribution < -0.4 is 4.74 Å². The normalized spacial score (nSPS) is 11.4. The fourth-order valence-electron chi connectivity index (χ4n) is 2.99. The third-order valence-electron chi connectivity index (χ3n) is 4.62. The summed E-state index contributed by atoms with van der Waals surface area (Å²) in [5.74, 6) is 1.11. The molecule has 0 amide bonds. The van der Waals surface area contributed by atoms with Gasteiger partial charge in [-0.2, -0.15) is 0 Å². The van der Waals surface area contributed by atoms with E-state index in [0.29, 0.717) is 6.42 Å². The lowest BCUT2D eigenvalue weighted by Gasteiger charge is -2.28. The molecular formula is C21H26O2. The van der Waals surface area contributed by atoms with E-state index in [4.69, 9.17) is 4.74 Å². The molecule has 0 aliphatic carbocycles. The van der Waals surface area contributed by atoms with E-state index in [2.05, 4.69) is 58.0 Å². The topological polar surface area (TPSA) is 26.3 Å². The van der Waals surface area contributed by atoms with E-state index in [-0.39, 0.29) is 11.2 Å². The number of ether oxygens (including phenoxy) is 1. The second-order valence-corrected chi connectivity index (χ2v) is 6.83. The summed E-state index contributed by atoms with van der Waals surface area (Å²) in [5, 5.41) is 0. The van der Waals surface area contributed by atoms with Crippen LogP contribution in [-0.4, -0.2) is 12.9 Å². The molecule has 2 aromatic rings. The molecule has 23 heavy (non-hydrogen) atoms. The number of benzene rings is 2. The summed E-state index contributed by atoms with van der Waals surface area (Å²) in [6.45, 7) is 10.2. The highest BCUT2D eigenvalue weighted by Gasteiger charge is 2.24. The van der Waals surface area contributed by atoms with Crippen molar-refractivity contribution in [2.24, 2.45) is 0 Å². The number of rotatable bonds is 5. The fourth-order valence-corrected chi connectivity index (χ4v) is 2.99. The highest BCUT2D eigenvalue weighted by Crippen LogP contribution is 2.34. The summed E-state index contributed by atoms with van der Waals surface area (Å²) < 4.78 is 5.36. The van der Waals surface area contributed by atoms with Gasteiger partial charge in [0.05, 0.1) is 7.11 Å². The molecule has 0 aliphatic rings. The molecule has 0 bridgehead atoms. The van der Waals surface area contributed by atoms with Gasteiger partial charge < -0.3 is 4.74 Å². The molecule has 0 aromatic heterocycles. The van der Waals surface area contributed by atoms with Gasteiger partial charge in [0.15, 0.2) is 0 Å². The van der Waals surface area contributed by atoms with Crippen LogP contribution in [0.3, 0.4) is 0 Å². The Kier molecular flexibility index (Phi) is 4.93. The summed E-state index contributed by atoms with van der Waals surface area (Å²) in [6.07, 6.45) is 0.508. The molecule has 0 saturated carbocycles. The Labute approximate surface area is 139 Å². The van der Waals surface area contributed by atoms with Crippen molar-refractivity contribution in [2.45, 2.75) is 46.5 Å². The van der Waals surface area contributed by atoms with E-state index in [1.54, 1.807) is 14.0 Å². The molecular weight excluding hydrogens is 284 g/mol. The molecule has 0 spiro atoms. The Bertz CT molecular complexity index is 727. The van der Waals surface area contributed by atoms with Gasteiger partial charge in [-0.15, -0.1) is 0 Å². The quantitative estimate of drug-likeness (QED) is 0.795. The minimum absolute atomic E-state index is 0.101. The Morgan fingerprint density at radius 2 is 1.57 bits per heavy atom. The minimum atomic E-state index is -0.101. The van der Waals surface area contributed by atoms with E-state index < -0.39 is 0 Å². The standard InChI is InChI=1S/C21H26O2/c1-14-11-18(8-7-17(14)13-16(3)22)21(4,5)19-9-10-20(23-6)15(2)12-19/h7-12H,13H2,1-6H3. The first kappa shape index (κ1) is 17.3. The lowest BCUT2D eigenvalue weighted by Crippen LogP contribution is -2.19. The van der Waals surface area contributed by atoms with Crippen LogP contribution in [0.4, 0.5) is 0 Å². The first-order valence-corrected chi connectivity index (χ1v) is 8.00. The van der Waals surface area contributed by atoms with Gasteiger partial charge in [-0.3, -0.25) is 4.79 Å². The van der Waals surface area contributed by atoms with Crippen LogP contribution in [-0.2, 0) is 16.6 Å². The van der Waals surface area contributed by atoms with E-state index in [1.165, 1.54) is 16.7 Å². The Morgan fingerprint density at radius 3 is 2.04 bits per heavy atom. The monoisotopic (exact) mass is 310 g/mol. The molecule has 0 fully saturated rings. The lowest BCUT2D eigenvalue weighted by atomic mass is 9.76. The molecule has 0 N–H and O–H groups in total. The second kappa shape index (κ2) is 6.57. The summed E-state index contributed by atoms with van der Waals surface area (Å²) in [6, 6.07) is 12.8. The third kappa shape index (κ3) is 3.64. The maximum absolute atomic E-state index is 11.4. The van der Waals surface area contributed by atoms with Gasteiger partial charge in [0.25, 0.3) is 0 Å². The van der Waals surface area contributed by atoms with Crippen molar-refractivity contribution in [3.63, 3.8) is 0 Å². The number of hydrogen-bond donors (Lipinski definition) is 0. The molecule has 0 unspecified atom stereocenters. The van der Waals surface area contributed by atoms with Crippen molar-refractivity contribution in [2.75, 3.05) is 7.11 Å². The maximum Gasteiger partial charge on any atom is 0.134 e. The summed E-state index contributed by atoms with van der Waals surface area (Å²) >= 11 is 0. The van der Waals surface area contributed by atoms with Gasteiger partial charge in [-0.05, 0) is 54.7 Å². The van der Waals surface area contributed by atoms with Gasteiger partial charge >= 0.3 is 0 Å². The van der Waals surface area contributed by atoms with Crippen molar-refractivity contribution in [1.29, 1.82) is 0 Å². The van der Waals surface area contributed by atoms with Crippen molar-refractivity contribution in [3.05, 3.63) is 64.2 Å². The van der Waals surface area contributed by atoms with Gasteiger partial charge in [0.2, 0.25) is 0 Å². The van der Waals surface area contributed by atoms with E-state index >= 15 is 0 Å². The van der Waals surface area contributed by atoms with Crippen LogP contribution in [0.2, 0.25) is 0 Å². The molecule has 2 aromatic carbocycles. The molecule has 2 rings (SSSR count). The molecule has 0 atom stereocenters. The van der Waals surface area contributed by atoms with E-state index in [0.717, 1.165) is 16.9 Å². The summed E-state index contributed by atoms with van der Waals surface area (Å²) in [4.78, 5) is 11.4. The Balaban J connectivity index is 2.41. The molecule has 2 nitrogen and oxygen atoms in total. The third-order valence-corrected chi connectivity index (χ3v) is 4.62. The van der Waals surface area contributed by atoms with Crippen LogP contribution in [0.15, 0.2) is 36.4 Å². The van der Waals surface area contributed by atoms with Crippen LogP contribution in [0.25, 0.3) is 0 Å². The smallest absolute Gasteiger partial charge is 0.134 e. The zero-order valence-corrected chi connectivity index (χ0v) is 15.0. The summed E-state index contributed by atoms with van der Waals surface area (Å²) in [7, 11) is 1.70. The molecule has 0 saturated heterocycles. The Hall–Kier alpha value is -2.09. The van der Waals surface area contributed by atoms with E-state index in [9.17, 15) is 4.79 Å². The zero-order chi connectivity index (χ0) is 17.2. The molecule has 2 heteroatoms. The van der Waals surface area contributed by atoms with Crippen molar-refractivity contribution >= 4 is 5.78 Å². The number of methoxy groups -OCH3 is 1. The first-order valence-electron chi connectivity index (χ1n) is 8.00. The molecule has 0 aliphatic heterocycles. The summed E-state index contributed by atoms with van der Waals surface area (Å²) in [5.41, 5.74) is 5.85. The minimum Gasteiger partial charge on any atom is -0.496 e.